The molecule has 2 saturated carbocycles. The van der Waals surface area contributed by atoms with E-state index >= 15 is 0 Å². The van der Waals surface area contributed by atoms with Gasteiger partial charge in [0, 0.05) is 16.7 Å². The first-order valence-corrected chi connectivity index (χ1v) is 7.83. The van der Waals surface area contributed by atoms with Crippen molar-refractivity contribution < 1.29 is 13.2 Å². The third-order valence-electron chi connectivity index (χ3n) is 4.72. The number of halogens is 4. The predicted molar refractivity (Wildman–Crippen MR) is 76.6 cm³/mol. The van der Waals surface area contributed by atoms with Gasteiger partial charge in [0.25, 0.3) is 0 Å². The molecule has 20 heavy (non-hydrogen) atoms. The quantitative estimate of drug-likeness (QED) is 0.780. The molecule has 3 unspecified atom stereocenters. The number of rotatable bonds is 3. The SMILES string of the molecule is FC(F)(F)c1cc(NCC2CC3CCC2C3)ccc1Br. The van der Waals surface area contributed by atoms with Gasteiger partial charge in [0.15, 0.2) is 0 Å². The molecule has 1 N–H and O–H groups in total. The molecule has 1 nitrogen and oxygen atoms in total. The second-order valence-corrected chi connectivity index (χ2v) is 6.86. The van der Waals surface area contributed by atoms with Gasteiger partial charge in [-0.05, 0) is 55.2 Å². The lowest BCUT2D eigenvalue weighted by molar-refractivity contribution is -0.138. The fourth-order valence-corrected chi connectivity index (χ4v) is 4.20. The molecule has 0 aliphatic heterocycles. The van der Waals surface area contributed by atoms with Gasteiger partial charge in [-0.3, -0.25) is 0 Å². The molecule has 1 aromatic carbocycles. The van der Waals surface area contributed by atoms with E-state index in [9.17, 15) is 13.2 Å². The van der Waals surface area contributed by atoms with E-state index in [1.807, 2.05) is 0 Å². The maximum atomic E-state index is 12.8. The Balaban J connectivity index is 1.66. The van der Waals surface area contributed by atoms with Crippen LogP contribution in [0.15, 0.2) is 22.7 Å². The first-order chi connectivity index (χ1) is 9.43. The maximum Gasteiger partial charge on any atom is 0.417 e. The van der Waals surface area contributed by atoms with E-state index < -0.39 is 11.7 Å². The van der Waals surface area contributed by atoms with Gasteiger partial charge in [-0.1, -0.05) is 22.4 Å². The number of alkyl halides is 3. The number of benzene rings is 1. The summed E-state index contributed by atoms with van der Waals surface area (Å²) in [6.07, 6.45) is 0.882. The molecule has 2 fully saturated rings. The smallest absolute Gasteiger partial charge is 0.385 e. The van der Waals surface area contributed by atoms with Crippen molar-refractivity contribution in [2.75, 3.05) is 11.9 Å². The van der Waals surface area contributed by atoms with Crippen LogP contribution in [0, 0.1) is 17.8 Å². The highest BCUT2D eigenvalue weighted by atomic mass is 79.9. The van der Waals surface area contributed by atoms with Crippen LogP contribution >= 0.6 is 15.9 Å². The van der Waals surface area contributed by atoms with Gasteiger partial charge in [-0.15, -0.1) is 0 Å². The van der Waals surface area contributed by atoms with Gasteiger partial charge >= 0.3 is 6.18 Å². The normalized spacial score (nSPS) is 28.9. The summed E-state index contributed by atoms with van der Waals surface area (Å²) in [5.41, 5.74) is -0.0567. The van der Waals surface area contributed by atoms with E-state index in [0.29, 0.717) is 11.6 Å². The van der Waals surface area contributed by atoms with Crippen molar-refractivity contribution >= 4 is 21.6 Å². The second kappa shape index (κ2) is 5.24. The van der Waals surface area contributed by atoms with E-state index in [2.05, 4.69) is 21.2 Å². The molecule has 2 aliphatic rings. The Morgan fingerprint density at radius 3 is 2.60 bits per heavy atom. The van der Waals surface area contributed by atoms with Crippen LogP contribution in [0.2, 0.25) is 0 Å². The van der Waals surface area contributed by atoms with E-state index in [0.717, 1.165) is 18.4 Å². The summed E-state index contributed by atoms with van der Waals surface area (Å²) in [5, 5.41) is 3.19. The predicted octanol–water partition coefficient (Wildman–Crippen LogP) is 5.32. The molecule has 1 aromatic rings. The third-order valence-corrected chi connectivity index (χ3v) is 5.42. The molecule has 0 radical (unpaired) electrons. The summed E-state index contributed by atoms with van der Waals surface area (Å²) >= 11 is 2.96. The van der Waals surface area contributed by atoms with Gasteiger partial charge in [0.1, 0.15) is 0 Å². The number of fused-ring (bicyclic) bond motifs is 2. The largest absolute Gasteiger partial charge is 0.417 e. The van der Waals surface area contributed by atoms with Crippen LogP contribution in [0.3, 0.4) is 0 Å². The summed E-state index contributed by atoms with van der Waals surface area (Å²) in [7, 11) is 0. The average molecular weight is 348 g/mol. The van der Waals surface area contributed by atoms with Crippen LogP contribution in [0.1, 0.15) is 31.2 Å². The zero-order chi connectivity index (χ0) is 14.3. The average Bonchev–Trinajstić information content (AvgIpc) is 2.98. The first-order valence-electron chi connectivity index (χ1n) is 7.04. The van der Waals surface area contributed by atoms with Crippen LogP contribution < -0.4 is 5.32 Å². The minimum atomic E-state index is -4.32. The molecule has 0 amide bonds. The molecule has 110 valence electrons. The summed E-state index contributed by atoms with van der Waals surface area (Å²) in [5.74, 6) is 2.28. The maximum absolute atomic E-state index is 12.8. The van der Waals surface area contributed by atoms with Gasteiger partial charge in [0.05, 0.1) is 5.56 Å². The van der Waals surface area contributed by atoms with Crippen molar-refractivity contribution in [3.8, 4) is 0 Å². The van der Waals surface area contributed by atoms with E-state index in [1.165, 1.54) is 37.8 Å². The molecule has 0 saturated heterocycles. The Morgan fingerprint density at radius 1 is 1.20 bits per heavy atom. The zero-order valence-electron chi connectivity index (χ0n) is 11.0. The van der Waals surface area contributed by atoms with Crippen molar-refractivity contribution in [1.82, 2.24) is 0 Å². The fourth-order valence-electron chi connectivity index (χ4n) is 3.73. The van der Waals surface area contributed by atoms with Crippen molar-refractivity contribution in [1.29, 1.82) is 0 Å². The van der Waals surface area contributed by atoms with E-state index in [1.54, 1.807) is 6.07 Å². The number of anilines is 1. The number of hydrogen-bond acceptors (Lipinski definition) is 1. The Kier molecular flexibility index (Phi) is 3.73. The molecule has 3 atom stereocenters. The Bertz CT molecular complexity index is 500. The van der Waals surface area contributed by atoms with E-state index in [4.69, 9.17) is 0 Å². The Hall–Kier alpha value is -0.710. The van der Waals surface area contributed by atoms with E-state index in [-0.39, 0.29) is 4.47 Å². The molecule has 0 heterocycles. The van der Waals surface area contributed by atoms with Crippen LogP contribution in [-0.4, -0.2) is 6.54 Å². The first kappa shape index (κ1) is 14.2. The molecule has 3 rings (SSSR count). The number of nitrogens with one attached hydrogen (secondary N) is 1. The highest BCUT2D eigenvalue weighted by molar-refractivity contribution is 9.10. The van der Waals surface area contributed by atoms with Crippen LogP contribution in [-0.2, 0) is 6.18 Å². The van der Waals surface area contributed by atoms with Crippen LogP contribution in [0.25, 0.3) is 0 Å². The highest BCUT2D eigenvalue weighted by Crippen LogP contribution is 2.48. The standard InChI is InChI=1S/C15H17BrF3N/c16-14-4-3-12(7-13(14)15(17,18)19)20-8-11-6-9-1-2-10(11)5-9/h3-4,7,9-11,20H,1-2,5-6,8H2. The summed E-state index contributed by atoms with van der Waals surface area (Å²) in [6, 6.07) is 4.36. The Labute approximate surface area is 125 Å². The molecule has 5 heteroatoms. The lowest BCUT2D eigenvalue weighted by atomic mass is 9.89. The molecule has 0 spiro atoms. The van der Waals surface area contributed by atoms with Gasteiger partial charge in [-0.2, -0.15) is 13.2 Å². The van der Waals surface area contributed by atoms with Crippen molar-refractivity contribution in [3.05, 3.63) is 28.2 Å². The Morgan fingerprint density at radius 2 is 2.00 bits per heavy atom. The second-order valence-electron chi connectivity index (χ2n) is 6.01. The van der Waals surface area contributed by atoms with Crippen molar-refractivity contribution in [3.63, 3.8) is 0 Å². The highest BCUT2D eigenvalue weighted by Gasteiger charge is 2.39. The van der Waals surface area contributed by atoms with Gasteiger partial charge < -0.3 is 5.32 Å². The topological polar surface area (TPSA) is 12.0 Å². The monoisotopic (exact) mass is 347 g/mol. The lowest BCUT2D eigenvalue weighted by Gasteiger charge is -2.22. The zero-order valence-corrected chi connectivity index (χ0v) is 12.6. The van der Waals surface area contributed by atoms with Crippen LogP contribution in [0.5, 0.6) is 0 Å². The molecule has 2 bridgehead atoms. The van der Waals surface area contributed by atoms with Crippen molar-refractivity contribution in [2.24, 2.45) is 17.8 Å². The summed E-state index contributed by atoms with van der Waals surface area (Å²) in [6.45, 7) is 0.792. The molecular formula is C15H17BrF3N. The van der Waals surface area contributed by atoms with Crippen LogP contribution in [0.4, 0.5) is 18.9 Å². The van der Waals surface area contributed by atoms with Gasteiger partial charge in [0.2, 0.25) is 0 Å². The lowest BCUT2D eigenvalue weighted by Crippen LogP contribution is -2.20. The minimum absolute atomic E-state index is 0.0930. The molecular weight excluding hydrogens is 331 g/mol. The fraction of sp³-hybridized carbons (Fsp3) is 0.600. The third kappa shape index (κ3) is 2.83. The minimum Gasteiger partial charge on any atom is -0.385 e. The number of hydrogen-bond donors (Lipinski definition) is 1. The summed E-state index contributed by atoms with van der Waals surface area (Å²) < 4.78 is 38.6. The van der Waals surface area contributed by atoms with Crippen molar-refractivity contribution in [2.45, 2.75) is 31.9 Å². The summed E-state index contributed by atoms with van der Waals surface area (Å²) in [4.78, 5) is 0. The molecule has 2 aliphatic carbocycles. The molecule has 0 aromatic heterocycles. The van der Waals surface area contributed by atoms with Gasteiger partial charge in [-0.25, -0.2) is 0 Å².